The van der Waals surface area contributed by atoms with Crippen molar-refractivity contribution >= 4 is 95.0 Å². The van der Waals surface area contributed by atoms with Crippen LogP contribution in [0.15, 0.2) is 127 Å². The Balaban J connectivity index is 0.000000152. The summed E-state index contributed by atoms with van der Waals surface area (Å²) in [5, 5.41) is 38.5. The smallest absolute Gasteiger partial charge is 0.411 e. The number of nitriles is 3. The van der Waals surface area contributed by atoms with Crippen LogP contribution >= 0.6 is 11.6 Å². The molecule has 2 amide bonds. The number of fused-ring (bicyclic) bond motifs is 3. The summed E-state index contributed by atoms with van der Waals surface area (Å²) in [6.07, 6.45) is 1.18. The Labute approximate surface area is 541 Å². The van der Waals surface area contributed by atoms with E-state index < -0.39 is 22.2 Å². The number of aryl methyl sites for hydroxylation is 3. The molecule has 0 spiro atoms. The summed E-state index contributed by atoms with van der Waals surface area (Å²) in [6, 6.07) is 47.5. The minimum atomic E-state index is -3.29. The number of carbonyl (C=O) groups excluding carboxylic acids is 2. The molecule has 0 radical (unpaired) electrons. The molecule has 22 heteroatoms. The summed E-state index contributed by atoms with van der Waals surface area (Å²) in [4.78, 5) is 28.6. The molecule has 3 N–H and O–H groups in total. The van der Waals surface area contributed by atoms with Gasteiger partial charge in [0.05, 0.1) is 78.7 Å². The number of halogens is 1. The van der Waals surface area contributed by atoms with Gasteiger partial charge in [-0.3, -0.25) is 15.4 Å². The second kappa shape index (κ2) is 30.1. The van der Waals surface area contributed by atoms with Gasteiger partial charge in [-0.15, -0.1) is 0 Å². The first-order valence-electron chi connectivity index (χ1n) is 31.0. The van der Waals surface area contributed by atoms with Gasteiger partial charge in [-0.25, -0.2) is 18.0 Å². The highest BCUT2D eigenvalue weighted by Gasteiger charge is 2.36. The van der Waals surface area contributed by atoms with Crippen LogP contribution in [0.3, 0.4) is 0 Å². The first-order chi connectivity index (χ1) is 44.8. The molecule has 9 aromatic rings. The zero-order chi connectivity index (χ0) is 64.9. The van der Waals surface area contributed by atoms with Crippen LogP contribution in [0.4, 0.5) is 38.0 Å². The fraction of sp³-hybridized carbons (Fsp3) is 0.329. The number of rotatable bonds is 18. The Kier molecular flexibility index (Phi) is 21.4. The molecule has 5 heterocycles. The number of nitrogens with zero attached hydrogens (tertiary/aromatic N) is 8. The van der Waals surface area contributed by atoms with Gasteiger partial charge >= 0.3 is 12.2 Å². The number of anilines is 5. The second-order valence-electron chi connectivity index (χ2n) is 22.1. The van der Waals surface area contributed by atoms with Gasteiger partial charge in [0.1, 0.15) is 24.8 Å². The highest BCUT2D eigenvalue weighted by atomic mass is 35.5. The molecule has 0 atom stereocenters. The van der Waals surface area contributed by atoms with Crippen LogP contribution in [-0.4, -0.2) is 119 Å². The van der Waals surface area contributed by atoms with E-state index >= 15 is 0 Å². The Hall–Kier alpha value is -9.53. The minimum absolute atomic E-state index is 0.177. The number of methoxy groups -OCH3 is 1. The number of carbonyl (C=O) groups is 2. The lowest BCUT2D eigenvalue weighted by Gasteiger charge is -2.28. The second-order valence-corrected chi connectivity index (χ2v) is 24.5. The van der Waals surface area contributed by atoms with Crippen molar-refractivity contribution in [3.05, 3.63) is 149 Å². The molecule has 2 saturated heterocycles. The summed E-state index contributed by atoms with van der Waals surface area (Å²) >= 11 is 6.13. The van der Waals surface area contributed by atoms with E-state index in [1.54, 1.807) is 25.3 Å². The number of amides is 2. The highest BCUT2D eigenvalue weighted by Crippen LogP contribution is 2.40. The molecule has 92 heavy (non-hydrogen) atoms. The summed E-state index contributed by atoms with van der Waals surface area (Å²) in [7, 11) is -1.74. The first-order valence-corrected chi connectivity index (χ1v) is 32.9. The lowest BCUT2D eigenvalue weighted by Crippen LogP contribution is -2.36. The molecule has 3 aromatic heterocycles. The molecule has 0 unspecified atom stereocenters. The lowest BCUT2D eigenvalue weighted by atomic mass is 10.0. The maximum absolute atomic E-state index is 12.1. The third-order valence-electron chi connectivity index (χ3n) is 16.3. The van der Waals surface area contributed by atoms with Gasteiger partial charge in [0.25, 0.3) is 0 Å². The van der Waals surface area contributed by atoms with E-state index in [4.69, 9.17) is 35.3 Å². The van der Waals surface area contributed by atoms with Gasteiger partial charge in [-0.1, -0.05) is 54.9 Å². The van der Waals surface area contributed by atoms with Gasteiger partial charge in [0.2, 0.25) is 10.0 Å². The Morgan fingerprint density at radius 1 is 0.543 bits per heavy atom. The van der Waals surface area contributed by atoms with Gasteiger partial charge in [0.15, 0.2) is 0 Å². The topological polar surface area (TPSA) is 243 Å². The number of sulfonamides is 1. The summed E-state index contributed by atoms with van der Waals surface area (Å²) < 4.78 is 59.3. The standard InChI is InChI=1S/C25H28N4O4.C25H28N4O3.C20H18ClN3O2S/c1-3-29-23-8-7-20(28-9-11-32-12-10-28)16-21(23)22(17-26)24(29)18-5-4-6-19(15-18)27-25(30)33-14-13-31-2;1-3-12-32-25(30)27-19-7-5-6-18(15-19)24-22(17-26)21-16-20(28-10-13-31-14-11-28)8-9-23(21)29(24)4-2;1-2-24-19-10-5-14(21)11-17(19)18(12-22)20(24)13-3-6-15(7-4-13)23-27(25,26)16-8-9-16/h4-8,15-16H,3,9-14H2,1-2H3,(H,27,30);5-9,15-16H,3-4,10-14H2,1-2H3,(H,27,30);3-7,10-11,16,23H,2,8-9H2,1H3. The van der Waals surface area contributed by atoms with E-state index in [0.29, 0.717) is 91.5 Å². The zero-order valence-electron chi connectivity index (χ0n) is 52.3. The molecular formula is C70H74ClN11O9S. The van der Waals surface area contributed by atoms with Gasteiger partial charge in [0, 0.05) is 130 Å². The number of ether oxygens (including phenoxy) is 5. The van der Waals surface area contributed by atoms with E-state index in [-0.39, 0.29) is 11.9 Å². The maximum atomic E-state index is 12.1. The van der Waals surface area contributed by atoms with Crippen LogP contribution in [0.1, 0.15) is 63.6 Å². The molecular weight excluding hydrogens is 1210 g/mol. The van der Waals surface area contributed by atoms with Crippen molar-refractivity contribution in [2.45, 2.75) is 71.8 Å². The quantitative estimate of drug-likeness (QED) is 0.0677. The van der Waals surface area contributed by atoms with Crippen LogP contribution in [0.5, 0.6) is 0 Å². The van der Waals surface area contributed by atoms with Crippen LogP contribution in [0, 0.1) is 34.0 Å². The Morgan fingerprint density at radius 3 is 1.40 bits per heavy atom. The molecule has 6 aromatic carbocycles. The van der Waals surface area contributed by atoms with Crippen molar-refractivity contribution in [1.29, 1.82) is 15.8 Å². The predicted octanol–water partition coefficient (Wildman–Crippen LogP) is 14.0. The normalized spacial score (nSPS) is 13.9. The van der Waals surface area contributed by atoms with Crippen molar-refractivity contribution in [1.82, 2.24) is 13.7 Å². The minimum Gasteiger partial charge on any atom is -0.449 e. The van der Waals surface area contributed by atoms with Crippen molar-refractivity contribution in [3.8, 4) is 52.0 Å². The molecule has 1 aliphatic carbocycles. The van der Waals surface area contributed by atoms with E-state index in [9.17, 15) is 33.8 Å². The van der Waals surface area contributed by atoms with E-state index in [2.05, 4.69) is 107 Å². The number of hydrogen-bond donors (Lipinski definition) is 3. The summed E-state index contributed by atoms with van der Waals surface area (Å²) in [6.45, 7) is 17.3. The first kappa shape index (κ1) is 65.4. The van der Waals surface area contributed by atoms with E-state index in [0.717, 1.165) is 130 Å². The number of morpholine rings is 2. The average Bonchev–Trinajstić information content (AvgIpc) is 1.64. The average molecular weight is 1280 g/mol. The van der Waals surface area contributed by atoms with Crippen molar-refractivity contribution in [2.75, 3.05) is 105 Å². The monoisotopic (exact) mass is 1280 g/mol. The van der Waals surface area contributed by atoms with Crippen molar-refractivity contribution < 1.29 is 41.7 Å². The van der Waals surface area contributed by atoms with E-state index in [1.165, 1.54) is 0 Å². The third kappa shape index (κ3) is 14.6. The number of aromatic nitrogens is 3. The van der Waals surface area contributed by atoms with Gasteiger partial charge in [-0.2, -0.15) is 15.8 Å². The predicted molar refractivity (Wildman–Crippen MR) is 362 cm³/mol. The summed E-state index contributed by atoms with van der Waals surface area (Å²) in [5.41, 5.74) is 13.9. The Morgan fingerprint density at radius 2 is 0.978 bits per heavy atom. The maximum Gasteiger partial charge on any atom is 0.411 e. The molecule has 3 fully saturated rings. The van der Waals surface area contributed by atoms with Crippen molar-refractivity contribution in [2.24, 2.45) is 0 Å². The van der Waals surface area contributed by atoms with Crippen LogP contribution in [-0.2, 0) is 53.3 Å². The highest BCUT2D eigenvalue weighted by molar-refractivity contribution is 7.93. The molecule has 20 nitrogen and oxygen atoms in total. The molecule has 1 saturated carbocycles. The van der Waals surface area contributed by atoms with E-state index in [1.807, 2.05) is 86.6 Å². The van der Waals surface area contributed by atoms with Crippen LogP contribution < -0.4 is 25.2 Å². The fourth-order valence-corrected chi connectivity index (χ4v) is 13.4. The van der Waals surface area contributed by atoms with Crippen LogP contribution in [0.25, 0.3) is 66.5 Å². The number of nitrogens with one attached hydrogen (secondary N) is 3. The molecule has 3 aliphatic rings. The molecule has 0 bridgehead atoms. The van der Waals surface area contributed by atoms with Gasteiger partial charge in [-0.05, 0) is 137 Å². The van der Waals surface area contributed by atoms with Crippen LogP contribution in [0.2, 0.25) is 5.02 Å². The number of benzene rings is 6. The van der Waals surface area contributed by atoms with Gasteiger partial charge < -0.3 is 47.2 Å². The number of hydrogen-bond acceptors (Lipinski definition) is 14. The molecule has 12 rings (SSSR count). The lowest BCUT2D eigenvalue weighted by molar-refractivity contribution is 0.107. The zero-order valence-corrected chi connectivity index (χ0v) is 53.8. The fourth-order valence-electron chi connectivity index (χ4n) is 11.8. The largest absolute Gasteiger partial charge is 0.449 e. The summed E-state index contributed by atoms with van der Waals surface area (Å²) in [5.74, 6) is 0. The molecule has 2 aliphatic heterocycles. The Bertz CT molecular complexity index is 4390. The van der Waals surface area contributed by atoms with Crippen molar-refractivity contribution in [3.63, 3.8) is 0 Å². The third-order valence-corrected chi connectivity index (χ3v) is 18.4. The molecule has 476 valence electrons. The SMILES string of the molecule is CCCOC(=O)Nc1cccc(-c2c(C#N)c3cc(N4CCOCC4)ccc3n2CC)c1.CCn1c(-c2ccc(NS(=O)(=O)C3CC3)cc2)c(C#N)c2cc(Cl)ccc21.CCn1c(-c2cccc(NC(=O)OCCOC)c2)c(C#N)c2cc(N3CCOCC3)ccc21.